The summed E-state index contributed by atoms with van der Waals surface area (Å²) in [6, 6.07) is -0.484. The quantitative estimate of drug-likeness (QED) is 0.768. The summed E-state index contributed by atoms with van der Waals surface area (Å²) in [5.74, 6) is -0.657. The molecule has 0 saturated carbocycles. The molecule has 1 atom stereocenters. The van der Waals surface area contributed by atoms with Crippen LogP contribution >= 0.6 is 12.6 Å². The second-order valence-electron chi connectivity index (χ2n) is 4.36. The molecule has 0 aliphatic carbocycles. The van der Waals surface area contributed by atoms with E-state index in [1.54, 1.807) is 27.7 Å². The highest BCUT2D eigenvalue weighted by Crippen LogP contribution is 2.21. The molecule has 0 rings (SSSR count). The van der Waals surface area contributed by atoms with Crippen LogP contribution in [0.1, 0.15) is 27.7 Å². The van der Waals surface area contributed by atoms with E-state index in [4.69, 9.17) is 0 Å². The van der Waals surface area contributed by atoms with Crippen molar-refractivity contribution in [3.8, 4) is 0 Å². The molecule has 0 heterocycles. The Morgan fingerprint density at radius 3 is 1.94 bits per heavy atom. The Hall–Kier alpha value is -0.390. The van der Waals surface area contributed by atoms with Gasteiger partial charge in [0.15, 0.2) is 0 Å². The van der Waals surface area contributed by atoms with Crippen LogP contribution in [-0.2, 0) is 4.79 Å². The summed E-state index contributed by atoms with van der Waals surface area (Å²) >= 11 is 4.04. The number of nitrogens with zero attached hydrogens (tertiary/aromatic N) is 1. The summed E-state index contributed by atoms with van der Waals surface area (Å²) in [6.45, 7) is 5.41. The third-order valence-electron chi connectivity index (χ3n) is 2.14. The lowest BCUT2D eigenvalue weighted by molar-refractivity contribution is -0.164. The molecule has 0 N–H and O–H groups in total. The summed E-state index contributed by atoms with van der Waals surface area (Å²) in [7, 11) is 0. The largest absolute Gasteiger partial charge is 0.406 e. The van der Waals surface area contributed by atoms with E-state index in [-0.39, 0.29) is 5.92 Å². The number of amides is 1. The first-order valence-corrected chi connectivity index (χ1v) is 5.63. The van der Waals surface area contributed by atoms with Crippen molar-refractivity contribution in [3.63, 3.8) is 0 Å². The third-order valence-corrected chi connectivity index (χ3v) is 2.96. The molecule has 0 radical (unpaired) electrons. The molecule has 16 heavy (non-hydrogen) atoms. The van der Waals surface area contributed by atoms with Crippen molar-refractivity contribution in [2.75, 3.05) is 6.54 Å². The summed E-state index contributed by atoms with van der Waals surface area (Å²) in [5, 5.41) is -0.690. The monoisotopic (exact) mass is 257 g/mol. The van der Waals surface area contributed by atoms with Gasteiger partial charge in [0.05, 0.1) is 5.25 Å². The third kappa shape index (κ3) is 5.09. The number of rotatable bonds is 4. The average molecular weight is 257 g/mol. The summed E-state index contributed by atoms with van der Waals surface area (Å²) in [6.07, 6.45) is -4.37. The number of halogens is 3. The molecule has 1 amide bonds. The zero-order chi connectivity index (χ0) is 13.1. The number of alkyl halides is 3. The molecule has 0 aromatic heterocycles. The first-order chi connectivity index (χ1) is 7.06. The maximum atomic E-state index is 12.3. The topological polar surface area (TPSA) is 20.3 Å². The first-order valence-electron chi connectivity index (χ1n) is 5.11. The van der Waals surface area contributed by atoms with Crippen LogP contribution < -0.4 is 0 Å². The van der Waals surface area contributed by atoms with E-state index in [0.29, 0.717) is 0 Å². The van der Waals surface area contributed by atoms with Crippen LogP contribution in [0.4, 0.5) is 13.2 Å². The summed E-state index contributed by atoms with van der Waals surface area (Å²) in [4.78, 5) is 12.6. The predicted octanol–water partition coefficient (Wildman–Crippen LogP) is 2.74. The standard InChI is InChI=1S/C10H18F3NOS/c1-6(2)8(16)9(15)14(7(3)4)5-10(11,12)13/h6-8,16H,5H2,1-4H3. The molecule has 0 aliphatic heterocycles. The molecule has 96 valence electrons. The van der Waals surface area contributed by atoms with Gasteiger partial charge in [-0.05, 0) is 19.8 Å². The van der Waals surface area contributed by atoms with Crippen LogP contribution in [0.25, 0.3) is 0 Å². The van der Waals surface area contributed by atoms with Crippen molar-refractivity contribution >= 4 is 18.5 Å². The van der Waals surface area contributed by atoms with Crippen molar-refractivity contribution in [1.29, 1.82) is 0 Å². The molecule has 0 fully saturated rings. The van der Waals surface area contributed by atoms with Crippen molar-refractivity contribution < 1.29 is 18.0 Å². The Labute approximate surface area is 99.6 Å². The van der Waals surface area contributed by atoms with E-state index in [1.807, 2.05) is 0 Å². The fraction of sp³-hybridized carbons (Fsp3) is 0.900. The summed E-state index contributed by atoms with van der Waals surface area (Å²) in [5.41, 5.74) is 0. The van der Waals surface area contributed by atoms with Crippen LogP contribution in [-0.4, -0.2) is 34.8 Å². The Balaban J connectivity index is 4.73. The lowest BCUT2D eigenvalue weighted by atomic mass is 10.1. The van der Waals surface area contributed by atoms with Crippen molar-refractivity contribution in [2.24, 2.45) is 5.92 Å². The maximum Gasteiger partial charge on any atom is 0.406 e. The van der Waals surface area contributed by atoms with Gasteiger partial charge in [-0.2, -0.15) is 25.8 Å². The normalized spacial score (nSPS) is 14.4. The second kappa shape index (κ2) is 5.80. The Bertz CT molecular complexity index is 241. The molecule has 0 saturated heterocycles. The fourth-order valence-electron chi connectivity index (χ4n) is 1.16. The highest BCUT2D eigenvalue weighted by molar-refractivity contribution is 7.81. The van der Waals surface area contributed by atoms with Gasteiger partial charge in [0, 0.05) is 6.04 Å². The molecular weight excluding hydrogens is 239 g/mol. The van der Waals surface area contributed by atoms with Crippen LogP contribution in [0.15, 0.2) is 0 Å². The van der Waals surface area contributed by atoms with Gasteiger partial charge in [0.1, 0.15) is 6.54 Å². The molecule has 0 spiro atoms. The average Bonchev–Trinajstić information content (AvgIpc) is 2.09. The van der Waals surface area contributed by atoms with Crippen LogP contribution in [0, 0.1) is 5.92 Å². The number of carbonyl (C=O) groups excluding carboxylic acids is 1. The lowest BCUT2D eigenvalue weighted by Crippen LogP contribution is -2.47. The van der Waals surface area contributed by atoms with Crippen molar-refractivity contribution in [2.45, 2.75) is 45.2 Å². The van der Waals surface area contributed by atoms with Crippen LogP contribution in [0.5, 0.6) is 0 Å². The highest BCUT2D eigenvalue weighted by atomic mass is 32.1. The van der Waals surface area contributed by atoms with E-state index in [9.17, 15) is 18.0 Å². The molecule has 1 unspecified atom stereocenters. The van der Waals surface area contributed by atoms with Crippen molar-refractivity contribution in [1.82, 2.24) is 4.90 Å². The summed E-state index contributed by atoms with van der Waals surface area (Å²) < 4.78 is 36.8. The highest BCUT2D eigenvalue weighted by Gasteiger charge is 2.36. The van der Waals surface area contributed by atoms with E-state index in [1.165, 1.54) is 0 Å². The van der Waals surface area contributed by atoms with Gasteiger partial charge in [-0.1, -0.05) is 13.8 Å². The molecule has 0 aliphatic rings. The molecule has 0 aromatic carbocycles. The van der Waals surface area contributed by atoms with Gasteiger partial charge in [-0.15, -0.1) is 0 Å². The van der Waals surface area contributed by atoms with Gasteiger partial charge >= 0.3 is 6.18 Å². The number of carbonyl (C=O) groups is 1. The van der Waals surface area contributed by atoms with Crippen molar-refractivity contribution in [3.05, 3.63) is 0 Å². The minimum atomic E-state index is -4.37. The zero-order valence-electron chi connectivity index (χ0n) is 9.88. The number of hydrogen-bond donors (Lipinski definition) is 1. The molecule has 2 nitrogen and oxygen atoms in total. The molecule has 6 heteroatoms. The molecule has 0 aromatic rings. The number of thiol groups is 1. The zero-order valence-corrected chi connectivity index (χ0v) is 10.8. The Kier molecular flexibility index (Phi) is 5.65. The molecule has 0 bridgehead atoms. The van der Waals surface area contributed by atoms with Gasteiger partial charge in [-0.3, -0.25) is 4.79 Å². The maximum absolute atomic E-state index is 12.3. The van der Waals surface area contributed by atoms with E-state index >= 15 is 0 Å². The fourth-order valence-corrected chi connectivity index (χ4v) is 1.31. The van der Waals surface area contributed by atoms with Crippen LogP contribution in [0.2, 0.25) is 0 Å². The van der Waals surface area contributed by atoms with Gasteiger partial charge in [0.25, 0.3) is 0 Å². The smallest absolute Gasteiger partial charge is 0.330 e. The second-order valence-corrected chi connectivity index (χ2v) is 4.92. The van der Waals surface area contributed by atoms with E-state index < -0.39 is 29.9 Å². The Morgan fingerprint density at radius 1 is 1.25 bits per heavy atom. The van der Waals surface area contributed by atoms with E-state index in [2.05, 4.69) is 12.6 Å². The van der Waals surface area contributed by atoms with Gasteiger partial charge < -0.3 is 4.90 Å². The minimum absolute atomic E-state index is 0.0923. The molecular formula is C10H18F3NOS. The number of hydrogen-bond acceptors (Lipinski definition) is 2. The first kappa shape index (κ1) is 15.6. The van der Waals surface area contributed by atoms with Crippen LogP contribution in [0.3, 0.4) is 0 Å². The lowest BCUT2D eigenvalue weighted by Gasteiger charge is -2.31. The SMILES string of the molecule is CC(C)C(S)C(=O)N(CC(F)(F)F)C(C)C. The Morgan fingerprint density at radius 2 is 1.69 bits per heavy atom. The van der Waals surface area contributed by atoms with Gasteiger partial charge in [0.2, 0.25) is 5.91 Å². The van der Waals surface area contributed by atoms with Gasteiger partial charge in [-0.25, -0.2) is 0 Å². The minimum Gasteiger partial charge on any atom is -0.330 e. The van der Waals surface area contributed by atoms with E-state index in [0.717, 1.165) is 4.90 Å². The predicted molar refractivity (Wildman–Crippen MR) is 60.5 cm³/mol.